The van der Waals surface area contributed by atoms with Crippen molar-refractivity contribution in [3.05, 3.63) is 48.0 Å². The van der Waals surface area contributed by atoms with E-state index in [2.05, 4.69) is 36.4 Å². The van der Waals surface area contributed by atoms with E-state index >= 15 is 0 Å². The molecular formula is C34H48N4O6. The second-order valence-electron chi connectivity index (χ2n) is 14.3. The molecule has 10 nitrogen and oxygen atoms in total. The number of Topliss-reactive ketones (excluding diaryl/α,β-unsaturated/α-hetero) is 1. The number of nitrogens with zero attached hydrogens (tertiary/aromatic N) is 1. The summed E-state index contributed by atoms with van der Waals surface area (Å²) in [7, 11) is 0. The molecule has 2 fully saturated rings. The molecule has 44 heavy (non-hydrogen) atoms. The number of hydrogen-bond donors (Lipinski definition) is 3. The van der Waals surface area contributed by atoms with Gasteiger partial charge in [0.2, 0.25) is 17.6 Å². The number of hydrogen-bond acceptors (Lipinski definition) is 6. The maximum absolute atomic E-state index is 14.4. The molecule has 0 radical (unpaired) electrons. The Balaban J connectivity index is 1.57. The van der Waals surface area contributed by atoms with Crippen LogP contribution in [0.4, 0.5) is 4.79 Å². The average molecular weight is 609 g/mol. The summed E-state index contributed by atoms with van der Waals surface area (Å²) in [5.41, 5.74) is 1.86. The van der Waals surface area contributed by atoms with Crippen molar-refractivity contribution in [2.24, 2.45) is 28.6 Å². The SMILES string of the molecule is C=CCNC(=O)C(=O)C(CCC)NC(=O)[C@@H]1C2C(CN1C(=O)[C@@H](NC(=O)OCC(C)(C)C)C1Cc3ccccc3C1)C2(C)C. The van der Waals surface area contributed by atoms with E-state index in [1.54, 1.807) is 4.90 Å². The summed E-state index contributed by atoms with van der Waals surface area (Å²) in [6.45, 7) is 16.1. The van der Waals surface area contributed by atoms with Crippen LogP contribution in [0.25, 0.3) is 0 Å². The van der Waals surface area contributed by atoms with E-state index in [1.165, 1.54) is 6.08 Å². The van der Waals surface area contributed by atoms with Crippen molar-refractivity contribution in [3.63, 3.8) is 0 Å². The minimum Gasteiger partial charge on any atom is -0.449 e. The van der Waals surface area contributed by atoms with Crippen LogP contribution in [0, 0.1) is 28.6 Å². The van der Waals surface area contributed by atoms with Crippen molar-refractivity contribution in [2.45, 2.75) is 85.4 Å². The minimum atomic E-state index is -1.01. The van der Waals surface area contributed by atoms with Gasteiger partial charge in [0, 0.05) is 13.1 Å². The molecule has 2 aliphatic carbocycles. The molecule has 3 N–H and O–H groups in total. The van der Waals surface area contributed by atoms with Crippen molar-refractivity contribution < 1.29 is 28.7 Å². The van der Waals surface area contributed by atoms with E-state index in [4.69, 9.17) is 4.74 Å². The van der Waals surface area contributed by atoms with E-state index < -0.39 is 41.8 Å². The molecule has 0 aromatic heterocycles. The molecule has 1 saturated heterocycles. The van der Waals surface area contributed by atoms with Gasteiger partial charge < -0.3 is 25.6 Å². The summed E-state index contributed by atoms with van der Waals surface area (Å²) in [6, 6.07) is 5.26. The molecule has 0 bridgehead atoms. The normalized spacial score (nSPS) is 23.0. The zero-order valence-corrected chi connectivity index (χ0v) is 26.9. The molecule has 5 atom stereocenters. The van der Waals surface area contributed by atoms with Crippen LogP contribution in [0.3, 0.4) is 0 Å². The van der Waals surface area contributed by atoms with Gasteiger partial charge in [-0.15, -0.1) is 6.58 Å². The summed E-state index contributed by atoms with van der Waals surface area (Å²) < 4.78 is 5.50. The van der Waals surface area contributed by atoms with Crippen LogP contribution in [-0.2, 0) is 36.8 Å². The zero-order valence-electron chi connectivity index (χ0n) is 26.9. The number of benzene rings is 1. The van der Waals surface area contributed by atoms with Crippen molar-refractivity contribution in [1.29, 1.82) is 0 Å². The fourth-order valence-corrected chi connectivity index (χ4v) is 6.88. The molecule has 240 valence electrons. The predicted octanol–water partition coefficient (Wildman–Crippen LogP) is 3.18. The van der Waals surface area contributed by atoms with Gasteiger partial charge in [0.25, 0.3) is 5.91 Å². The second-order valence-corrected chi connectivity index (χ2v) is 14.3. The lowest BCUT2D eigenvalue weighted by Crippen LogP contribution is -2.59. The van der Waals surface area contributed by atoms with Crippen molar-refractivity contribution in [2.75, 3.05) is 19.7 Å². The number of piperidine rings is 1. The number of ketones is 1. The summed E-state index contributed by atoms with van der Waals surface area (Å²) in [5, 5.41) is 8.17. The van der Waals surface area contributed by atoms with Crippen LogP contribution in [0.5, 0.6) is 0 Å². The summed E-state index contributed by atoms with van der Waals surface area (Å²) in [6.07, 6.45) is 2.89. The molecule has 1 aromatic rings. The summed E-state index contributed by atoms with van der Waals surface area (Å²) >= 11 is 0. The van der Waals surface area contributed by atoms with Crippen LogP contribution in [0.2, 0.25) is 0 Å². The minimum absolute atomic E-state index is 0.104. The van der Waals surface area contributed by atoms with Crippen LogP contribution in [0.1, 0.15) is 65.5 Å². The van der Waals surface area contributed by atoms with Gasteiger partial charge >= 0.3 is 6.09 Å². The van der Waals surface area contributed by atoms with Gasteiger partial charge in [-0.2, -0.15) is 0 Å². The van der Waals surface area contributed by atoms with Gasteiger partial charge in [-0.1, -0.05) is 78.3 Å². The van der Waals surface area contributed by atoms with E-state index in [9.17, 15) is 24.0 Å². The molecule has 1 aromatic carbocycles. The number of rotatable bonds is 12. The number of ether oxygens (including phenoxy) is 1. The fraction of sp³-hybridized carbons (Fsp3) is 0.618. The number of carbonyl (C=O) groups is 5. The van der Waals surface area contributed by atoms with Crippen molar-refractivity contribution in [3.8, 4) is 0 Å². The van der Waals surface area contributed by atoms with Gasteiger partial charge in [0.05, 0.1) is 12.6 Å². The van der Waals surface area contributed by atoms with Gasteiger partial charge in [-0.3, -0.25) is 19.2 Å². The number of likely N-dealkylation sites (tertiary alicyclic amines) is 1. The second kappa shape index (κ2) is 13.1. The Bertz CT molecular complexity index is 1280. The molecular weight excluding hydrogens is 560 g/mol. The number of nitrogens with one attached hydrogen (secondary N) is 3. The predicted molar refractivity (Wildman–Crippen MR) is 166 cm³/mol. The summed E-state index contributed by atoms with van der Waals surface area (Å²) in [5.74, 6) is -2.51. The molecule has 10 heteroatoms. The molecule has 1 heterocycles. The third-order valence-corrected chi connectivity index (χ3v) is 9.33. The Hall–Kier alpha value is -3.69. The van der Waals surface area contributed by atoms with Crippen molar-refractivity contribution in [1.82, 2.24) is 20.9 Å². The molecule has 3 unspecified atom stereocenters. The quantitative estimate of drug-likeness (QED) is 0.247. The Kier molecular flexibility index (Phi) is 9.90. The number of fused-ring (bicyclic) bond motifs is 2. The largest absolute Gasteiger partial charge is 0.449 e. The highest BCUT2D eigenvalue weighted by Crippen LogP contribution is 2.65. The first-order valence-corrected chi connectivity index (χ1v) is 15.7. The van der Waals surface area contributed by atoms with Gasteiger partial charge in [-0.25, -0.2) is 4.79 Å². The maximum Gasteiger partial charge on any atom is 0.407 e. The van der Waals surface area contributed by atoms with E-state index in [1.807, 2.05) is 52.0 Å². The lowest BCUT2D eigenvalue weighted by molar-refractivity contribution is -0.144. The lowest BCUT2D eigenvalue weighted by Gasteiger charge is -2.35. The van der Waals surface area contributed by atoms with Gasteiger partial charge in [-0.05, 0) is 59.0 Å². The zero-order chi connectivity index (χ0) is 32.4. The molecule has 4 rings (SSSR count). The standard InChI is InChI=1S/C34H48N4O6/c1-8-12-24(28(39)30(41)35-15-9-2)36-29(40)27-25-23(34(25,6)7)18-38(27)31(42)26(37-32(43)44-19-33(3,4)5)22-16-20-13-10-11-14-21(20)17-22/h9-11,13-14,22-27H,2,8,12,15-19H2,1,3-7H3,(H,35,41)(H,36,40)(H,37,43)/t23?,24?,25?,26-,27-/m0/s1. The highest BCUT2D eigenvalue weighted by Gasteiger charge is 2.69. The van der Waals surface area contributed by atoms with E-state index in [-0.39, 0.29) is 54.1 Å². The van der Waals surface area contributed by atoms with Crippen LogP contribution in [0.15, 0.2) is 36.9 Å². The van der Waals surface area contributed by atoms with Gasteiger partial charge in [0.1, 0.15) is 12.1 Å². The third kappa shape index (κ3) is 7.16. The molecule has 4 amide bonds. The molecule has 1 aliphatic heterocycles. The molecule has 0 spiro atoms. The first-order valence-electron chi connectivity index (χ1n) is 15.7. The third-order valence-electron chi connectivity index (χ3n) is 9.33. The topological polar surface area (TPSA) is 134 Å². The molecule has 1 saturated carbocycles. The number of carbonyl (C=O) groups excluding carboxylic acids is 5. The fourth-order valence-electron chi connectivity index (χ4n) is 6.88. The first-order chi connectivity index (χ1) is 20.7. The Morgan fingerprint density at radius 1 is 1.09 bits per heavy atom. The van der Waals surface area contributed by atoms with E-state index in [0.29, 0.717) is 25.8 Å². The smallest absolute Gasteiger partial charge is 0.407 e. The number of alkyl carbamates (subject to hydrolysis) is 1. The van der Waals surface area contributed by atoms with Crippen LogP contribution < -0.4 is 16.0 Å². The van der Waals surface area contributed by atoms with Crippen molar-refractivity contribution >= 4 is 29.6 Å². The van der Waals surface area contributed by atoms with E-state index in [0.717, 1.165) is 11.1 Å². The molecule has 3 aliphatic rings. The maximum atomic E-state index is 14.4. The monoisotopic (exact) mass is 608 g/mol. The highest BCUT2D eigenvalue weighted by molar-refractivity contribution is 6.38. The van der Waals surface area contributed by atoms with Crippen LogP contribution in [-0.4, -0.2) is 72.3 Å². The van der Waals surface area contributed by atoms with Crippen LogP contribution >= 0.6 is 0 Å². The van der Waals surface area contributed by atoms with Gasteiger partial charge in [0.15, 0.2) is 0 Å². The first kappa shape index (κ1) is 33.2. The lowest BCUT2D eigenvalue weighted by atomic mass is 9.93. The highest BCUT2D eigenvalue weighted by atomic mass is 16.5. The Morgan fingerprint density at radius 3 is 2.30 bits per heavy atom. The summed E-state index contributed by atoms with van der Waals surface area (Å²) in [4.78, 5) is 68.4. The Morgan fingerprint density at radius 2 is 1.73 bits per heavy atom. The average Bonchev–Trinajstić information content (AvgIpc) is 3.34. The number of amides is 4. The Labute approximate surface area is 260 Å².